The molecule has 31 heavy (non-hydrogen) atoms. The normalized spacial score (nSPS) is 12.0. The molecule has 1 atom stereocenters. The maximum Gasteiger partial charge on any atom is 0.266 e. The van der Waals surface area contributed by atoms with Gasteiger partial charge in [0, 0.05) is 12.7 Å². The first kappa shape index (κ1) is 21.2. The minimum atomic E-state index is -0.480. The second-order valence-electron chi connectivity index (χ2n) is 7.00. The molecular formula is C24H20ClN3O2S. The lowest BCUT2D eigenvalue weighted by molar-refractivity contribution is -0.117. The van der Waals surface area contributed by atoms with E-state index in [1.54, 1.807) is 48.3 Å². The summed E-state index contributed by atoms with van der Waals surface area (Å²) in [7, 11) is 1.74. The van der Waals surface area contributed by atoms with Gasteiger partial charge < -0.3 is 4.90 Å². The number of nitrogens with zero attached hydrogens (tertiary/aromatic N) is 3. The molecule has 4 rings (SSSR count). The predicted octanol–water partition coefficient (Wildman–Crippen LogP) is 5.18. The Bertz CT molecular complexity index is 1310. The van der Waals surface area contributed by atoms with E-state index in [1.807, 2.05) is 49.4 Å². The smallest absolute Gasteiger partial charge is 0.266 e. The van der Waals surface area contributed by atoms with Gasteiger partial charge in [-0.25, -0.2) is 4.98 Å². The van der Waals surface area contributed by atoms with E-state index in [2.05, 4.69) is 0 Å². The monoisotopic (exact) mass is 449 g/mol. The number of para-hydroxylation sites is 3. The first-order chi connectivity index (χ1) is 15.0. The van der Waals surface area contributed by atoms with Crippen LogP contribution in [-0.4, -0.2) is 27.8 Å². The highest BCUT2D eigenvalue weighted by Crippen LogP contribution is 2.29. The van der Waals surface area contributed by atoms with E-state index in [0.29, 0.717) is 26.8 Å². The molecule has 5 nitrogen and oxygen atoms in total. The molecule has 0 spiro atoms. The topological polar surface area (TPSA) is 55.2 Å². The minimum Gasteiger partial charge on any atom is -0.315 e. The molecule has 0 aliphatic heterocycles. The molecule has 0 fully saturated rings. The van der Waals surface area contributed by atoms with E-state index in [9.17, 15) is 9.59 Å². The Kier molecular flexibility index (Phi) is 6.11. The summed E-state index contributed by atoms with van der Waals surface area (Å²) >= 11 is 7.65. The SMILES string of the molecule is C[C@H](Sc1nc2ccccc2c(=O)n1-c1ccccc1Cl)C(=O)N(C)c1ccccc1. The Morgan fingerprint density at radius 3 is 2.39 bits per heavy atom. The fourth-order valence-electron chi connectivity index (χ4n) is 3.30. The zero-order valence-corrected chi connectivity index (χ0v) is 18.6. The predicted molar refractivity (Wildman–Crippen MR) is 128 cm³/mol. The second kappa shape index (κ2) is 8.96. The molecule has 7 heteroatoms. The zero-order valence-electron chi connectivity index (χ0n) is 17.0. The maximum atomic E-state index is 13.4. The van der Waals surface area contributed by atoms with E-state index in [0.717, 1.165) is 5.69 Å². The van der Waals surface area contributed by atoms with E-state index in [4.69, 9.17) is 16.6 Å². The van der Waals surface area contributed by atoms with Gasteiger partial charge in [-0.1, -0.05) is 65.8 Å². The summed E-state index contributed by atoms with van der Waals surface area (Å²) < 4.78 is 1.49. The van der Waals surface area contributed by atoms with Gasteiger partial charge in [0.1, 0.15) is 0 Å². The fourth-order valence-corrected chi connectivity index (χ4v) is 4.53. The van der Waals surface area contributed by atoms with Crippen LogP contribution in [0.15, 0.2) is 88.8 Å². The molecule has 156 valence electrons. The van der Waals surface area contributed by atoms with Gasteiger partial charge in [0.15, 0.2) is 5.16 Å². The summed E-state index contributed by atoms with van der Waals surface area (Å²) in [6, 6.07) is 23.7. The Labute approximate surface area is 189 Å². The summed E-state index contributed by atoms with van der Waals surface area (Å²) in [5.74, 6) is -0.0932. The summed E-state index contributed by atoms with van der Waals surface area (Å²) in [6.07, 6.45) is 0. The van der Waals surface area contributed by atoms with Crippen molar-refractivity contribution in [2.45, 2.75) is 17.3 Å². The van der Waals surface area contributed by atoms with Gasteiger partial charge in [-0.3, -0.25) is 14.2 Å². The molecule has 1 amide bonds. The lowest BCUT2D eigenvalue weighted by Crippen LogP contribution is -2.33. The fraction of sp³-hybridized carbons (Fsp3) is 0.125. The number of fused-ring (bicyclic) bond motifs is 1. The highest BCUT2D eigenvalue weighted by Gasteiger charge is 2.24. The van der Waals surface area contributed by atoms with Gasteiger partial charge >= 0.3 is 0 Å². The van der Waals surface area contributed by atoms with Gasteiger partial charge in [0.25, 0.3) is 5.56 Å². The molecule has 0 radical (unpaired) electrons. The zero-order chi connectivity index (χ0) is 22.0. The summed E-state index contributed by atoms with van der Waals surface area (Å²) in [5, 5.41) is 0.863. The molecule has 0 aliphatic carbocycles. The third kappa shape index (κ3) is 4.22. The number of amides is 1. The van der Waals surface area contributed by atoms with Gasteiger partial charge in [-0.15, -0.1) is 0 Å². The van der Waals surface area contributed by atoms with E-state index >= 15 is 0 Å². The molecule has 4 aromatic rings. The van der Waals surface area contributed by atoms with Crippen molar-refractivity contribution in [2.75, 3.05) is 11.9 Å². The number of benzene rings is 3. The van der Waals surface area contributed by atoms with Crippen LogP contribution in [0.25, 0.3) is 16.6 Å². The van der Waals surface area contributed by atoms with Crippen LogP contribution in [0.3, 0.4) is 0 Å². The first-order valence-corrected chi connectivity index (χ1v) is 11.0. The molecule has 0 saturated carbocycles. The minimum absolute atomic E-state index is 0.0932. The number of hydrogen-bond donors (Lipinski definition) is 0. The number of carbonyl (C=O) groups excluding carboxylic acids is 1. The third-order valence-corrected chi connectivity index (χ3v) is 6.30. The van der Waals surface area contributed by atoms with E-state index < -0.39 is 5.25 Å². The van der Waals surface area contributed by atoms with Gasteiger partial charge in [0.2, 0.25) is 5.91 Å². The number of hydrogen-bond acceptors (Lipinski definition) is 4. The van der Waals surface area contributed by atoms with Crippen molar-refractivity contribution in [3.8, 4) is 5.69 Å². The lowest BCUT2D eigenvalue weighted by Gasteiger charge is -2.22. The average molecular weight is 450 g/mol. The molecule has 1 aromatic heterocycles. The Hall–Kier alpha value is -3.09. The summed E-state index contributed by atoms with van der Waals surface area (Å²) in [5.41, 5.74) is 1.69. The number of aromatic nitrogens is 2. The molecule has 3 aromatic carbocycles. The standard InChI is InChI=1S/C24H20ClN3O2S/c1-16(22(29)27(2)17-10-4-3-5-11-17)31-24-26-20-14-8-6-12-18(20)23(30)28(24)21-15-9-7-13-19(21)25/h3-16H,1-2H3/t16-/m0/s1. The number of halogens is 1. The molecule has 0 N–H and O–H groups in total. The molecule has 0 unspecified atom stereocenters. The molecule has 0 saturated heterocycles. The average Bonchev–Trinajstić information content (AvgIpc) is 2.80. The van der Waals surface area contributed by atoms with Crippen molar-refractivity contribution in [3.63, 3.8) is 0 Å². The Balaban J connectivity index is 1.78. The van der Waals surface area contributed by atoms with Crippen molar-refractivity contribution in [3.05, 3.63) is 94.2 Å². The highest BCUT2D eigenvalue weighted by molar-refractivity contribution is 8.00. The van der Waals surface area contributed by atoms with Crippen LogP contribution < -0.4 is 10.5 Å². The largest absolute Gasteiger partial charge is 0.315 e. The number of anilines is 1. The molecular weight excluding hydrogens is 430 g/mol. The van der Waals surface area contributed by atoms with Gasteiger partial charge in [-0.2, -0.15) is 0 Å². The van der Waals surface area contributed by atoms with Crippen LogP contribution in [0.2, 0.25) is 5.02 Å². The molecule has 0 aliphatic rings. The van der Waals surface area contributed by atoms with Crippen molar-refractivity contribution >= 4 is 45.9 Å². The third-order valence-electron chi connectivity index (χ3n) is 4.94. The van der Waals surface area contributed by atoms with Crippen LogP contribution in [0.5, 0.6) is 0 Å². The molecule has 1 heterocycles. The lowest BCUT2D eigenvalue weighted by atomic mass is 10.2. The van der Waals surface area contributed by atoms with Crippen molar-refractivity contribution in [1.82, 2.24) is 9.55 Å². The highest BCUT2D eigenvalue weighted by atomic mass is 35.5. The van der Waals surface area contributed by atoms with Crippen LogP contribution in [0.4, 0.5) is 5.69 Å². The van der Waals surface area contributed by atoms with Crippen LogP contribution >= 0.6 is 23.4 Å². The number of rotatable bonds is 5. The molecule has 0 bridgehead atoms. The number of carbonyl (C=O) groups is 1. The van der Waals surface area contributed by atoms with E-state index in [1.165, 1.54) is 16.3 Å². The quantitative estimate of drug-likeness (QED) is 0.311. The van der Waals surface area contributed by atoms with Gasteiger partial charge in [0.05, 0.1) is 26.9 Å². The van der Waals surface area contributed by atoms with Crippen LogP contribution in [0.1, 0.15) is 6.92 Å². The Morgan fingerprint density at radius 1 is 1.00 bits per heavy atom. The van der Waals surface area contributed by atoms with Gasteiger partial charge in [-0.05, 0) is 43.3 Å². The Morgan fingerprint density at radius 2 is 1.65 bits per heavy atom. The maximum absolute atomic E-state index is 13.4. The van der Waals surface area contributed by atoms with Crippen molar-refractivity contribution < 1.29 is 4.79 Å². The van der Waals surface area contributed by atoms with Crippen LogP contribution in [-0.2, 0) is 4.79 Å². The van der Waals surface area contributed by atoms with Crippen molar-refractivity contribution in [2.24, 2.45) is 0 Å². The summed E-state index contributed by atoms with van der Waals surface area (Å²) in [4.78, 5) is 32.8. The summed E-state index contributed by atoms with van der Waals surface area (Å²) in [6.45, 7) is 1.81. The van der Waals surface area contributed by atoms with E-state index in [-0.39, 0.29) is 11.5 Å². The number of thioether (sulfide) groups is 1. The van der Waals surface area contributed by atoms with Crippen molar-refractivity contribution in [1.29, 1.82) is 0 Å². The second-order valence-corrected chi connectivity index (χ2v) is 8.71. The first-order valence-electron chi connectivity index (χ1n) is 9.73. The van der Waals surface area contributed by atoms with Crippen LogP contribution in [0, 0.1) is 0 Å².